The molecule has 8 nitrogen and oxygen atoms in total. The molecule has 0 aliphatic rings. The fourth-order valence-electron chi connectivity index (χ4n) is 6.22. The van der Waals surface area contributed by atoms with E-state index in [-0.39, 0.29) is 25.1 Å². The molecule has 1 amide bonds. The maximum Gasteiger partial charge on any atom is 0.460 e. The highest BCUT2D eigenvalue weighted by Gasteiger charge is 3.04. The van der Waals surface area contributed by atoms with E-state index in [2.05, 4.69) is 14.7 Å². The Morgan fingerprint density at radius 2 is 0.571 bits per heavy atom. The summed E-state index contributed by atoms with van der Waals surface area (Å²) in [5, 5.41) is 0.942. The van der Waals surface area contributed by atoms with Crippen molar-refractivity contribution in [1.29, 1.82) is 0 Å². The van der Waals surface area contributed by atoms with Gasteiger partial charge in [-0.2, -0.15) is 216 Å². The van der Waals surface area contributed by atoms with Crippen LogP contribution < -0.4 is 5.32 Å². The number of carbonyl (C=O) groups excluding carboxylic acids is 4. The average molecular weight is 1460 g/mol. The molecule has 0 saturated carbocycles. The van der Waals surface area contributed by atoms with Crippen LogP contribution in [0, 0.1) is 6.92 Å². The van der Waals surface area contributed by atoms with Crippen molar-refractivity contribution in [3.8, 4) is 0 Å². The number of nitrogens with zero attached hydrogens (tertiary/aromatic N) is 2. The van der Waals surface area contributed by atoms with E-state index in [1.165, 1.54) is 0 Å². The Morgan fingerprint density at radius 1 is 0.363 bits per heavy atom. The number of amides is 1. The Kier molecular flexibility index (Phi) is 20.1. The highest BCUT2D eigenvalue weighted by molar-refractivity contribution is 6.03. The Labute approximate surface area is 461 Å². The van der Waals surface area contributed by atoms with E-state index in [1.54, 1.807) is 0 Å². The molecule has 0 unspecified atom stereocenters. The smallest absolute Gasteiger partial charge is 0.445 e. The number of alkyl halides is 47. The lowest BCUT2D eigenvalue weighted by molar-refractivity contribution is -0.498. The van der Waals surface area contributed by atoms with Gasteiger partial charge in [-0.25, -0.2) is 9.59 Å². The maximum absolute atomic E-state index is 15.8. The van der Waals surface area contributed by atoms with Crippen molar-refractivity contribution in [1.82, 2.24) is 5.32 Å². The number of carbonyl (C=O) groups is 2. The minimum Gasteiger partial charge on any atom is -0.445 e. The maximum atomic E-state index is 15.8. The van der Waals surface area contributed by atoms with Crippen molar-refractivity contribution < 1.29 is 230 Å². The first-order valence-electron chi connectivity index (χ1n) is 20.3. The van der Waals surface area contributed by atoms with Crippen LogP contribution in [0.15, 0.2) is 16.1 Å². The number of aliphatic imine (C=N–C) groups is 2. The summed E-state index contributed by atoms with van der Waals surface area (Å²) in [5.41, 5.74) is -13.2. The molecule has 0 atom stereocenters. The van der Waals surface area contributed by atoms with E-state index in [0.29, 0.717) is 6.92 Å². The second kappa shape index (κ2) is 22.1. The monoisotopic (exact) mass is 1460 g/mol. The molecule has 0 fully saturated rings. The number of isocyanates is 2. The second-order valence-electron chi connectivity index (χ2n) is 17.1. The zero-order chi connectivity index (χ0) is 74.2. The van der Waals surface area contributed by atoms with E-state index in [1.807, 2.05) is 0 Å². The third kappa shape index (κ3) is 10.2. The van der Waals surface area contributed by atoms with Crippen LogP contribution in [0.3, 0.4) is 0 Å². The third-order valence-corrected chi connectivity index (χ3v) is 11.5. The number of aryl methyl sites for hydroxylation is 1. The quantitative estimate of drug-likeness (QED) is 0.0310. The molecule has 1 rings (SSSR count). The molecule has 0 aliphatic carbocycles. The molecular weight excluding hydrogens is 1450 g/mol. The lowest BCUT2D eigenvalue weighted by Crippen LogP contribution is -2.81. The number of benzene rings is 1. The van der Waals surface area contributed by atoms with E-state index in [9.17, 15) is 199 Å². The van der Waals surface area contributed by atoms with E-state index >= 15 is 26.3 Å². The lowest BCUT2D eigenvalue weighted by atomic mass is 9.81. The molecule has 91 heavy (non-hydrogen) atoms. The highest BCUT2D eigenvalue weighted by atomic mass is 19.4. The molecule has 0 radical (unpaired) electrons. The zero-order valence-corrected chi connectivity index (χ0v) is 40.5. The van der Waals surface area contributed by atoms with Gasteiger partial charge >= 0.3 is 142 Å². The van der Waals surface area contributed by atoms with Crippen molar-refractivity contribution >= 4 is 35.4 Å². The summed E-state index contributed by atoms with van der Waals surface area (Å²) in [4.78, 5) is 49.9. The van der Waals surface area contributed by atoms with Gasteiger partial charge in [-0.15, -0.1) is 0 Å². The molecule has 1 aromatic rings. The average Bonchev–Trinajstić information content (AvgIpc) is 0.687. The first-order chi connectivity index (χ1) is 39.1. The van der Waals surface area contributed by atoms with Gasteiger partial charge in [0.15, 0.2) is 6.73 Å². The molecular formula is C36H10F47N3O5. The number of halogens is 47. The zero-order valence-electron chi connectivity index (χ0n) is 40.5. The first kappa shape index (κ1) is 82.6. The summed E-state index contributed by atoms with van der Waals surface area (Å²) in [6.45, 7) is -1.46. The number of hydrogen-bond acceptors (Lipinski definition) is 7. The second-order valence-corrected chi connectivity index (χ2v) is 17.1. The van der Waals surface area contributed by atoms with Gasteiger partial charge in [0.05, 0.1) is 22.5 Å². The summed E-state index contributed by atoms with van der Waals surface area (Å²) in [5.74, 6) is -232. The number of ether oxygens (including phenoxy) is 1. The fraction of sp³-hybridized carbons (Fsp3) is 0.722. The summed E-state index contributed by atoms with van der Waals surface area (Å²) in [6, 6.07) is -0.198. The summed E-state index contributed by atoms with van der Waals surface area (Å²) < 4.78 is 674. The van der Waals surface area contributed by atoms with Gasteiger partial charge in [0.25, 0.3) is 5.91 Å². The van der Waals surface area contributed by atoms with Gasteiger partial charge in [-0.1, -0.05) is 0 Å². The van der Waals surface area contributed by atoms with Crippen molar-refractivity contribution in [3.05, 3.63) is 22.8 Å². The van der Waals surface area contributed by atoms with Crippen LogP contribution in [0.25, 0.3) is 0 Å². The minimum atomic E-state index is -11.0. The van der Waals surface area contributed by atoms with Crippen LogP contribution in [-0.4, -0.2) is 161 Å². The molecule has 0 aromatic heterocycles. The predicted octanol–water partition coefficient (Wildman–Crippen LogP) is 16.2. The number of nitrogens with one attached hydrogen (secondary N) is 1. The van der Waals surface area contributed by atoms with Gasteiger partial charge in [-0.05, 0) is 18.6 Å². The Bertz CT molecular complexity index is 3030. The van der Waals surface area contributed by atoms with E-state index in [4.69, 9.17) is 0 Å². The highest BCUT2D eigenvalue weighted by Crippen LogP contribution is 2.73. The van der Waals surface area contributed by atoms with Crippen molar-refractivity contribution in [3.63, 3.8) is 0 Å². The van der Waals surface area contributed by atoms with Gasteiger partial charge in [-0.3, -0.25) is 9.59 Å². The van der Waals surface area contributed by atoms with Gasteiger partial charge in [0.1, 0.15) is 0 Å². The number of hydrogen-bond donors (Lipinski definition) is 1. The molecule has 0 heterocycles. The molecule has 1 N–H and O–H groups in total. The van der Waals surface area contributed by atoms with Crippen LogP contribution in [0.4, 0.5) is 218 Å². The normalized spacial score (nSPS) is 15.9. The van der Waals surface area contributed by atoms with Crippen molar-refractivity contribution in [2.45, 2.75) is 150 Å². The summed E-state index contributed by atoms with van der Waals surface area (Å²) in [7, 11) is 0. The molecule has 55 heteroatoms. The lowest BCUT2D eigenvalue weighted by Gasteiger charge is -2.47. The molecule has 528 valence electrons. The Balaban J connectivity index is 4.40. The first-order valence-corrected chi connectivity index (χ1v) is 20.3. The summed E-state index contributed by atoms with van der Waals surface area (Å²) in [6.07, 6.45) is -8.43. The minimum absolute atomic E-state index is 0.00291. The van der Waals surface area contributed by atoms with Crippen LogP contribution in [-0.2, 0) is 25.0 Å². The van der Waals surface area contributed by atoms with Crippen LogP contribution in [0.5, 0.6) is 0 Å². The molecule has 0 saturated heterocycles. The SMILES string of the molecule is CC(=O)OCNC(=O)c1c(N=C=O)cc(C)c(N=C=O)c1C(F)(F)C(F)(F)C(F)(F)C(F)(F)C(F)(F)C(F)(F)C(F)(F)C(F)(F)C(F)(F)C(F)(F)C(F)(F)C(F)(F)C(F)(F)C(F)(F)C(F)(F)C(F)(F)C(F)(F)C(F)(F)C(F)(F)C(F)(F)C(F)(F)C(F)(F)C(F)(F)F. The molecule has 0 bridgehead atoms. The molecule has 1 aromatic carbocycles. The van der Waals surface area contributed by atoms with E-state index in [0.717, 1.165) is 5.32 Å². The van der Waals surface area contributed by atoms with Gasteiger partial charge < -0.3 is 10.1 Å². The Morgan fingerprint density at radius 3 is 0.769 bits per heavy atom. The summed E-state index contributed by atoms with van der Waals surface area (Å²) >= 11 is 0. The van der Waals surface area contributed by atoms with Crippen molar-refractivity contribution in [2.24, 2.45) is 9.98 Å². The molecule has 0 aliphatic heterocycles. The number of esters is 1. The topological polar surface area (TPSA) is 114 Å². The predicted molar refractivity (Wildman–Crippen MR) is 185 cm³/mol. The van der Waals surface area contributed by atoms with Gasteiger partial charge in [0.2, 0.25) is 12.2 Å². The molecule has 0 spiro atoms. The largest absolute Gasteiger partial charge is 0.460 e. The number of rotatable bonds is 27. The third-order valence-electron chi connectivity index (χ3n) is 11.5. The van der Waals surface area contributed by atoms with Crippen LogP contribution in [0.2, 0.25) is 0 Å². The standard InChI is InChI=1S/C36H10F47N3O5/c1-7-3-9(84-4-87)10(13(90)86-6-91-8(2)89)11(12(7)85-5-88)14(37,38)15(39,40)16(41,42)17(43,44)18(45,46)19(47,48)20(49,50)21(51,52)22(53,54)23(55,56)24(57,58)25(59,60)26(61,62)27(63,64)28(65,66)29(67,68)30(69,70)31(71,72)32(73,74)33(75,76)34(77,78)35(79,80)36(81,82)83/h3H,6H2,1-2H3,(H,86,90). The van der Waals surface area contributed by atoms with E-state index < -0.39 is 183 Å². The fourth-order valence-corrected chi connectivity index (χ4v) is 6.22. The van der Waals surface area contributed by atoms with Gasteiger partial charge in [0, 0.05) is 6.92 Å². The van der Waals surface area contributed by atoms with Crippen LogP contribution >= 0.6 is 0 Å². The van der Waals surface area contributed by atoms with Crippen molar-refractivity contribution in [2.75, 3.05) is 6.73 Å². The Hall–Kier alpha value is -6.37. The van der Waals surface area contributed by atoms with Crippen LogP contribution in [0.1, 0.15) is 28.4 Å².